The molecular formula is C11H13FN4O. The van der Waals surface area contributed by atoms with E-state index in [0.29, 0.717) is 11.5 Å². The highest BCUT2D eigenvalue weighted by Crippen LogP contribution is 2.14. The highest BCUT2D eigenvalue weighted by molar-refractivity contribution is 5.48. The van der Waals surface area contributed by atoms with Crippen LogP contribution in [0.25, 0.3) is 11.5 Å². The molecule has 2 aromatic rings. The van der Waals surface area contributed by atoms with Gasteiger partial charge in [0.05, 0.1) is 5.69 Å². The van der Waals surface area contributed by atoms with Crippen LogP contribution in [0, 0.1) is 12.7 Å². The highest BCUT2D eigenvalue weighted by Gasteiger charge is 2.11. The van der Waals surface area contributed by atoms with Crippen LogP contribution in [0.3, 0.4) is 0 Å². The molecule has 0 amide bonds. The van der Waals surface area contributed by atoms with Crippen molar-refractivity contribution in [1.29, 1.82) is 0 Å². The predicted octanol–water partition coefficient (Wildman–Crippen LogP) is 1.49. The van der Waals surface area contributed by atoms with Crippen molar-refractivity contribution in [2.24, 2.45) is 0 Å². The number of nitrogens with one attached hydrogen (secondary N) is 1. The van der Waals surface area contributed by atoms with Crippen LogP contribution in [0.2, 0.25) is 0 Å². The molecule has 0 bridgehead atoms. The summed E-state index contributed by atoms with van der Waals surface area (Å²) in [4.78, 5) is 17.8. The van der Waals surface area contributed by atoms with Gasteiger partial charge in [0.1, 0.15) is 5.69 Å². The van der Waals surface area contributed by atoms with Crippen LogP contribution < -0.4 is 5.56 Å². The van der Waals surface area contributed by atoms with Gasteiger partial charge in [-0.15, -0.1) is 0 Å². The van der Waals surface area contributed by atoms with Crippen molar-refractivity contribution < 1.29 is 4.39 Å². The summed E-state index contributed by atoms with van der Waals surface area (Å²) < 4.78 is 14.9. The molecule has 0 atom stereocenters. The van der Waals surface area contributed by atoms with Crippen LogP contribution in [-0.4, -0.2) is 19.7 Å². The molecule has 0 spiro atoms. The quantitative estimate of drug-likeness (QED) is 0.878. The Labute approximate surface area is 97.3 Å². The van der Waals surface area contributed by atoms with Gasteiger partial charge in [-0.2, -0.15) is 9.49 Å². The van der Waals surface area contributed by atoms with Crippen molar-refractivity contribution in [2.45, 2.75) is 26.8 Å². The van der Waals surface area contributed by atoms with Gasteiger partial charge in [-0.3, -0.25) is 9.48 Å². The largest absolute Gasteiger partial charge is 0.303 e. The lowest BCUT2D eigenvalue weighted by Crippen LogP contribution is -2.16. The average molecular weight is 236 g/mol. The number of hydrogen-bond acceptors (Lipinski definition) is 3. The molecule has 0 fully saturated rings. The van der Waals surface area contributed by atoms with E-state index in [0.717, 1.165) is 13.0 Å². The topological polar surface area (TPSA) is 63.6 Å². The zero-order valence-corrected chi connectivity index (χ0v) is 9.70. The SMILES string of the molecule is CCCn1nccc1-c1nc(C)c(F)c(=O)[nH]1. The Hall–Kier alpha value is -1.98. The number of hydrogen-bond donors (Lipinski definition) is 1. The average Bonchev–Trinajstić information content (AvgIpc) is 2.74. The van der Waals surface area contributed by atoms with Gasteiger partial charge in [-0.25, -0.2) is 4.98 Å². The Kier molecular flexibility index (Phi) is 3.03. The van der Waals surface area contributed by atoms with Gasteiger partial charge in [0.15, 0.2) is 5.82 Å². The lowest BCUT2D eigenvalue weighted by Gasteiger charge is -2.06. The summed E-state index contributed by atoms with van der Waals surface area (Å²) in [5.41, 5.74) is 0.0248. The van der Waals surface area contributed by atoms with Gasteiger partial charge in [0.25, 0.3) is 5.56 Å². The number of H-pyrrole nitrogens is 1. The predicted molar refractivity (Wildman–Crippen MR) is 61.1 cm³/mol. The van der Waals surface area contributed by atoms with Crippen LogP contribution in [-0.2, 0) is 6.54 Å². The van der Waals surface area contributed by atoms with Crippen LogP contribution in [0.1, 0.15) is 19.0 Å². The van der Waals surface area contributed by atoms with Gasteiger partial charge in [-0.1, -0.05) is 6.92 Å². The number of aryl methyl sites for hydroxylation is 2. The van der Waals surface area contributed by atoms with E-state index in [-0.39, 0.29) is 5.69 Å². The van der Waals surface area contributed by atoms with Gasteiger partial charge < -0.3 is 4.98 Å². The first kappa shape index (κ1) is 11.5. The van der Waals surface area contributed by atoms with E-state index in [2.05, 4.69) is 15.1 Å². The molecule has 0 aliphatic heterocycles. The fraction of sp³-hybridized carbons (Fsp3) is 0.364. The van der Waals surface area contributed by atoms with Crippen molar-refractivity contribution in [3.8, 4) is 11.5 Å². The van der Waals surface area contributed by atoms with Crippen molar-refractivity contribution in [3.63, 3.8) is 0 Å². The molecule has 0 aromatic carbocycles. The Morgan fingerprint density at radius 1 is 1.53 bits per heavy atom. The van der Waals surface area contributed by atoms with E-state index in [9.17, 15) is 9.18 Å². The Morgan fingerprint density at radius 3 is 2.94 bits per heavy atom. The highest BCUT2D eigenvalue weighted by atomic mass is 19.1. The summed E-state index contributed by atoms with van der Waals surface area (Å²) >= 11 is 0. The molecular weight excluding hydrogens is 223 g/mol. The molecule has 0 unspecified atom stereocenters. The molecule has 1 N–H and O–H groups in total. The number of rotatable bonds is 3. The Bertz CT molecular complexity index is 587. The minimum Gasteiger partial charge on any atom is -0.303 e. The summed E-state index contributed by atoms with van der Waals surface area (Å²) in [7, 11) is 0. The fourth-order valence-corrected chi connectivity index (χ4v) is 1.62. The first-order valence-electron chi connectivity index (χ1n) is 5.42. The van der Waals surface area contributed by atoms with E-state index in [1.54, 1.807) is 16.9 Å². The molecule has 0 aliphatic carbocycles. The normalized spacial score (nSPS) is 10.8. The monoisotopic (exact) mass is 236 g/mol. The number of aromatic nitrogens is 4. The molecule has 2 heterocycles. The van der Waals surface area contributed by atoms with Gasteiger partial charge in [0.2, 0.25) is 5.82 Å². The molecule has 0 radical (unpaired) electrons. The Balaban J connectivity index is 2.53. The summed E-state index contributed by atoms with van der Waals surface area (Å²) in [5.74, 6) is -0.491. The van der Waals surface area contributed by atoms with Crippen LogP contribution in [0.5, 0.6) is 0 Å². The third-order valence-corrected chi connectivity index (χ3v) is 2.42. The standard InChI is InChI=1S/C11H13FN4O/c1-3-6-16-8(4-5-13-16)10-14-7(2)9(12)11(17)15-10/h4-5H,3,6H2,1-2H3,(H,14,15,17). The maximum absolute atomic E-state index is 13.2. The Morgan fingerprint density at radius 2 is 2.29 bits per heavy atom. The third-order valence-electron chi connectivity index (χ3n) is 2.42. The third kappa shape index (κ3) is 2.11. The smallest absolute Gasteiger partial charge is 0.287 e. The summed E-state index contributed by atoms with van der Waals surface area (Å²) in [6.45, 7) is 4.22. The minimum absolute atomic E-state index is 0.0907. The van der Waals surface area contributed by atoms with Crippen LogP contribution in [0.4, 0.5) is 4.39 Å². The number of aromatic amines is 1. The molecule has 17 heavy (non-hydrogen) atoms. The molecule has 5 nitrogen and oxygen atoms in total. The molecule has 6 heteroatoms. The van der Waals surface area contributed by atoms with Gasteiger partial charge in [0, 0.05) is 12.7 Å². The second-order valence-electron chi connectivity index (χ2n) is 3.75. The van der Waals surface area contributed by atoms with E-state index >= 15 is 0 Å². The summed E-state index contributed by atoms with van der Waals surface area (Å²) in [6, 6.07) is 1.74. The van der Waals surface area contributed by atoms with E-state index in [1.807, 2.05) is 6.92 Å². The van der Waals surface area contributed by atoms with E-state index in [1.165, 1.54) is 6.92 Å². The minimum atomic E-state index is -0.838. The molecule has 0 saturated carbocycles. The van der Waals surface area contributed by atoms with Crippen molar-refractivity contribution >= 4 is 0 Å². The van der Waals surface area contributed by atoms with Crippen molar-refractivity contribution in [1.82, 2.24) is 19.7 Å². The first-order chi connectivity index (χ1) is 8.13. The maximum atomic E-state index is 13.2. The second-order valence-corrected chi connectivity index (χ2v) is 3.75. The van der Waals surface area contributed by atoms with Gasteiger partial charge in [-0.05, 0) is 19.4 Å². The molecule has 0 saturated heterocycles. The summed E-state index contributed by atoms with van der Waals surface area (Å²) in [6.07, 6.45) is 2.54. The molecule has 2 rings (SSSR count). The molecule has 0 aliphatic rings. The van der Waals surface area contributed by atoms with Crippen LogP contribution in [0.15, 0.2) is 17.1 Å². The second kappa shape index (κ2) is 4.48. The van der Waals surface area contributed by atoms with Crippen molar-refractivity contribution in [3.05, 3.63) is 34.1 Å². The number of halogens is 1. The van der Waals surface area contributed by atoms with Crippen molar-refractivity contribution in [2.75, 3.05) is 0 Å². The molecule has 90 valence electrons. The van der Waals surface area contributed by atoms with Crippen LogP contribution >= 0.6 is 0 Å². The molecule has 2 aromatic heterocycles. The van der Waals surface area contributed by atoms with E-state index < -0.39 is 11.4 Å². The zero-order valence-electron chi connectivity index (χ0n) is 9.70. The fourth-order valence-electron chi connectivity index (χ4n) is 1.62. The van der Waals surface area contributed by atoms with Gasteiger partial charge >= 0.3 is 0 Å². The lowest BCUT2D eigenvalue weighted by molar-refractivity contribution is 0.584. The lowest BCUT2D eigenvalue weighted by atomic mass is 10.3. The first-order valence-corrected chi connectivity index (χ1v) is 5.42. The summed E-state index contributed by atoms with van der Waals surface area (Å²) in [5, 5.41) is 4.12. The maximum Gasteiger partial charge on any atom is 0.287 e. The zero-order chi connectivity index (χ0) is 12.4. The number of nitrogens with zero attached hydrogens (tertiary/aromatic N) is 3. The van der Waals surface area contributed by atoms with E-state index in [4.69, 9.17) is 0 Å².